The Kier molecular flexibility index (Phi) is 3.48. The lowest BCUT2D eigenvalue weighted by Gasteiger charge is -2.09. The minimum absolute atomic E-state index is 0.113. The van der Waals surface area contributed by atoms with E-state index in [2.05, 4.69) is 5.32 Å². The highest BCUT2D eigenvalue weighted by atomic mass is 16.3. The molecule has 1 aromatic carbocycles. The van der Waals surface area contributed by atoms with Gasteiger partial charge in [0.15, 0.2) is 0 Å². The Morgan fingerprint density at radius 1 is 1.50 bits per heavy atom. The van der Waals surface area contributed by atoms with Gasteiger partial charge in [0.1, 0.15) is 5.75 Å². The van der Waals surface area contributed by atoms with Gasteiger partial charge in [-0.1, -0.05) is 6.92 Å². The van der Waals surface area contributed by atoms with Gasteiger partial charge in [0.2, 0.25) is 5.91 Å². The molecule has 0 aliphatic carbocycles. The first-order valence-corrected chi connectivity index (χ1v) is 4.43. The lowest BCUT2D eigenvalue weighted by atomic mass is 10.1. The van der Waals surface area contributed by atoms with E-state index in [0.29, 0.717) is 12.2 Å². The highest BCUT2D eigenvalue weighted by molar-refractivity contribution is 5.92. The van der Waals surface area contributed by atoms with Gasteiger partial charge in [-0.2, -0.15) is 0 Å². The molecule has 0 saturated carbocycles. The molecule has 1 rings (SSSR count). The lowest BCUT2D eigenvalue weighted by molar-refractivity contribution is -0.119. The highest BCUT2D eigenvalue weighted by Crippen LogP contribution is 2.14. The van der Waals surface area contributed by atoms with E-state index in [9.17, 15) is 4.79 Å². The number of amides is 1. The van der Waals surface area contributed by atoms with Crippen LogP contribution < -0.4 is 11.1 Å². The Hall–Kier alpha value is -1.55. The summed E-state index contributed by atoms with van der Waals surface area (Å²) in [4.78, 5) is 11.4. The Morgan fingerprint density at radius 2 is 2.07 bits per heavy atom. The molecule has 4 heteroatoms. The smallest absolute Gasteiger partial charge is 0.228 e. The third-order valence-electron chi connectivity index (χ3n) is 1.94. The summed E-state index contributed by atoms with van der Waals surface area (Å²) in [7, 11) is 0. The quantitative estimate of drug-likeness (QED) is 0.626. The first-order valence-electron chi connectivity index (χ1n) is 4.43. The molecule has 4 nitrogen and oxygen atoms in total. The third-order valence-corrected chi connectivity index (χ3v) is 1.94. The van der Waals surface area contributed by atoms with Crippen LogP contribution in [0.5, 0.6) is 5.75 Å². The SMILES string of the molecule is CC(CN)C(=O)Nc1ccc(O)cc1. The van der Waals surface area contributed by atoms with E-state index in [-0.39, 0.29) is 17.6 Å². The van der Waals surface area contributed by atoms with E-state index >= 15 is 0 Å². The Labute approximate surface area is 82.7 Å². The molecule has 0 fully saturated rings. The number of nitrogens with two attached hydrogens (primary N) is 1. The Morgan fingerprint density at radius 3 is 2.57 bits per heavy atom. The molecule has 1 amide bonds. The van der Waals surface area contributed by atoms with E-state index in [4.69, 9.17) is 10.8 Å². The molecule has 4 N–H and O–H groups in total. The van der Waals surface area contributed by atoms with Gasteiger partial charge in [0, 0.05) is 18.2 Å². The average Bonchev–Trinajstić information content (AvgIpc) is 2.20. The van der Waals surface area contributed by atoms with Crippen molar-refractivity contribution in [3.05, 3.63) is 24.3 Å². The second-order valence-corrected chi connectivity index (χ2v) is 3.17. The summed E-state index contributed by atoms with van der Waals surface area (Å²) in [5.74, 6) is -0.142. The number of anilines is 1. The predicted molar refractivity (Wildman–Crippen MR) is 55.0 cm³/mol. The van der Waals surface area contributed by atoms with Crippen molar-refractivity contribution in [1.82, 2.24) is 0 Å². The van der Waals surface area contributed by atoms with Crippen LogP contribution in [0.1, 0.15) is 6.92 Å². The van der Waals surface area contributed by atoms with Crippen molar-refractivity contribution in [1.29, 1.82) is 0 Å². The van der Waals surface area contributed by atoms with Gasteiger partial charge in [-0.05, 0) is 24.3 Å². The van der Waals surface area contributed by atoms with Crippen molar-refractivity contribution in [3.8, 4) is 5.75 Å². The van der Waals surface area contributed by atoms with Gasteiger partial charge in [-0.15, -0.1) is 0 Å². The zero-order valence-corrected chi connectivity index (χ0v) is 8.03. The van der Waals surface area contributed by atoms with Gasteiger partial charge in [-0.25, -0.2) is 0 Å². The van der Waals surface area contributed by atoms with E-state index < -0.39 is 0 Å². The molecule has 1 unspecified atom stereocenters. The monoisotopic (exact) mass is 194 g/mol. The number of aromatic hydroxyl groups is 1. The van der Waals surface area contributed by atoms with Crippen LogP contribution in [0.4, 0.5) is 5.69 Å². The van der Waals surface area contributed by atoms with Gasteiger partial charge in [0.05, 0.1) is 0 Å². The summed E-state index contributed by atoms with van der Waals surface area (Å²) in [5.41, 5.74) is 6.01. The highest BCUT2D eigenvalue weighted by Gasteiger charge is 2.10. The molecular formula is C10H14N2O2. The molecule has 0 saturated heterocycles. The van der Waals surface area contributed by atoms with Crippen LogP contribution in [0.3, 0.4) is 0 Å². The van der Waals surface area contributed by atoms with E-state index in [1.165, 1.54) is 12.1 Å². The first-order chi connectivity index (χ1) is 6.63. The molecular weight excluding hydrogens is 180 g/mol. The van der Waals surface area contributed by atoms with Crippen molar-refractivity contribution in [3.63, 3.8) is 0 Å². The van der Waals surface area contributed by atoms with Gasteiger partial charge in [0.25, 0.3) is 0 Å². The molecule has 0 spiro atoms. The van der Waals surface area contributed by atoms with E-state index in [1.807, 2.05) is 0 Å². The lowest BCUT2D eigenvalue weighted by Crippen LogP contribution is -2.26. The van der Waals surface area contributed by atoms with Gasteiger partial charge in [-0.3, -0.25) is 4.79 Å². The summed E-state index contributed by atoms with van der Waals surface area (Å²) >= 11 is 0. The van der Waals surface area contributed by atoms with Crippen LogP contribution in [0, 0.1) is 5.92 Å². The van der Waals surface area contributed by atoms with Crippen LogP contribution in [0.2, 0.25) is 0 Å². The van der Waals surface area contributed by atoms with E-state index in [0.717, 1.165) is 0 Å². The second-order valence-electron chi connectivity index (χ2n) is 3.17. The number of carbonyl (C=O) groups is 1. The molecule has 14 heavy (non-hydrogen) atoms. The molecule has 0 aromatic heterocycles. The Balaban J connectivity index is 2.60. The average molecular weight is 194 g/mol. The molecule has 1 aromatic rings. The topological polar surface area (TPSA) is 75.4 Å². The number of benzene rings is 1. The molecule has 0 bridgehead atoms. The second kappa shape index (κ2) is 4.62. The van der Waals surface area contributed by atoms with Crippen molar-refractivity contribution in [2.75, 3.05) is 11.9 Å². The van der Waals surface area contributed by atoms with Crippen LogP contribution in [0.15, 0.2) is 24.3 Å². The number of nitrogens with one attached hydrogen (secondary N) is 1. The number of hydrogen-bond acceptors (Lipinski definition) is 3. The van der Waals surface area contributed by atoms with Crippen LogP contribution in [0.25, 0.3) is 0 Å². The van der Waals surface area contributed by atoms with Crippen LogP contribution in [-0.4, -0.2) is 17.6 Å². The minimum atomic E-state index is -0.205. The maximum atomic E-state index is 11.4. The molecule has 0 radical (unpaired) electrons. The number of hydrogen-bond donors (Lipinski definition) is 3. The maximum Gasteiger partial charge on any atom is 0.228 e. The minimum Gasteiger partial charge on any atom is -0.508 e. The summed E-state index contributed by atoms with van der Waals surface area (Å²) < 4.78 is 0. The summed E-state index contributed by atoms with van der Waals surface area (Å²) in [6.07, 6.45) is 0. The number of phenolic OH excluding ortho intramolecular Hbond substituents is 1. The predicted octanol–water partition coefficient (Wildman–Crippen LogP) is 0.925. The Bertz CT molecular complexity index is 308. The fourth-order valence-corrected chi connectivity index (χ4v) is 0.917. The van der Waals surface area contributed by atoms with Crippen LogP contribution >= 0.6 is 0 Å². The van der Waals surface area contributed by atoms with Crippen molar-refractivity contribution in [2.45, 2.75) is 6.92 Å². The summed E-state index contributed by atoms with van der Waals surface area (Å²) in [6.45, 7) is 2.08. The standard InChI is InChI=1S/C10H14N2O2/c1-7(6-11)10(14)12-8-2-4-9(13)5-3-8/h2-5,7,13H,6,11H2,1H3,(H,12,14). The molecule has 0 aliphatic rings. The zero-order valence-electron chi connectivity index (χ0n) is 8.03. The third kappa shape index (κ3) is 2.74. The summed E-state index contributed by atoms with van der Waals surface area (Å²) in [5, 5.41) is 11.7. The number of rotatable bonds is 3. The maximum absolute atomic E-state index is 11.4. The fourth-order valence-electron chi connectivity index (χ4n) is 0.917. The normalized spacial score (nSPS) is 12.1. The first kappa shape index (κ1) is 10.5. The van der Waals surface area contributed by atoms with E-state index in [1.54, 1.807) is 19.1 Å². The molecule has 0 heterocycles. The molecule has 1 atom stereocenters. The van der Waals surface area contributed by atoms with Crippen molar-refractivity contribution >= 4 is 11.6 Å². The summed E-state index contributed by atoms with van der Waals surface area (Å²) in [6, 6.07) is 6.30. The van der Waals surface area contributed by atoms with Crippen molar-refractivity contribution in [2.24, 2.45) is 11.7 Å². The zero-order chi connectivity index (χ0) is 10.6. The molecule has 76 valence electrons. The van der Waals surface area contributed by atoms with Gasteiger partial charge >= 0.3 is 0 Å². The number of phenols is 1. The fraction of sp³-hybridized carbons (Fsp3) is 0.300. The van der Waals surface area contributed by atoms with Gasteiger partial charge < -0.3 is 16.2 Å². The van der Waals surface area contributed by atoms with Crippen molar-refractivity contribution < 1.29 is 9.90 Å². The van der Waals surface area contributed by atoms with Crippen LogP contribution in [-0.2, 0) is 4.79 Å². The number of carbonyl (C=O) groups excluding carboxylic acids is 1. The largest absolute Gasteiger partial charge is 0.508 e. The molecule has 0 aliphatic heterocycles.